The normalized spacial score (nSPS) is 10.4. The van der Waals surface area contributed by atoms with E-state index in [-0.39, 0.29) is 0 Å². The molecule has 1 nitrogen and oxygen atoms in total. The Morgan fingerprint density at radius 2 is 1.41 bits per heavy atom. The standard InChI is InChI=1S/C14H15NS2/c15-13-8-4-5-9-14(13)17-11-10-16-12-6-2-1-3-7-12/h1-9H,10-11,15H2. The highest BCUT2D eigenvalue weighted by atomic mass is 32.2. The van der Waals surface area contributed by atoms with Gasteiger partial charge in [0.05, 0.1) is 0 Å². The number of rotatable bonds is 5. The van der Waals surface area contributed by atoms with Crippen molar-refractivity contribution in [2.45, 2.75) is 9.79 Å². The molecule has 0 saturated heterocycles. The van der Waals surface area contributed by atoms with E-state index < -0.39 is 0 Å². The molecule has 0 fully saturated rings. The molecule has 0 aliphatic heterocycles. The molecule has 2 rings (SSSR count). The van der Waals surface area contributed by atoms with Crippen LogP contribution in [0.15, 0.2) is 64.4 Å². The van der Waals surface area contributed by atoms with Crippen LogP contribution in [0.2, 0.25) is 0 Å². The number of hydrogen-bond acceptors (Lipinski definition) is 3. The average molecular weight is 261 g/mol. The Bertz CT molecular complexity index is 457. The summed E-state index contributed by atoms with van der Waals surface area (Å²) in [6.07, 6.45) is 0. The Balaban J connectivity index is 1.76. The minimum atomic E-state index is 0.877. The lowest BCUT2D eigenvalue weighted by Crippen LogP contribution is -1.89. The van der Waals surface area contributed by atoms with Crippen molar-refractivity contribution >= 4 is 29.2 Å². The molecule has 0 aromatic heterocycles. The van der Waals surface area contributed by atoms with Crippen molar-refractivity contribution in [2.24, 2.45) is 0 Å². The van der Waals surface area contributed by atoms with Crippen molar-refractivity contribution in [2.75, 3.05) is 17.2 Å². The molecule has 2 N–H and O–H groups in total. The summed E-state index contributed by atoms with van der Waals surface area (Å²) in [5, 5.41) is 0. The van der Waals surface area contributed by atoms with Crippen LogP contribution in [0.5, 0.6) is 0 Å². The second-order valence-corrected chi connectivity index (χ2v) is 5.85. The van der Waals surface area contributed by atoms with E-state index in [1.807, 2.05) is 47.8 Å². The van der Waals surface area contributed by atoms with Crippen LogP contribution < -0.4 is 5.73 Å². The zero-order valence-electron chi connectivity index (χ0n) is 9.50. The Labute approximate surface area is 111 Å². The third-order valence-electron chi connectivity index (χ3n) is 2.27. The first-order valence-corrected chi connectivity index (χ1v) is 7.48. The van der Waals surface area contributed by atoms with Gasteiger partial charge in [0.15, 0.2) is 0 Å². The minimum Gasteiger partial charge on any atom is -0.398 e. The maximum Gasteiger partial charge on any atom is 0.0452 e. The van der Waals surface area contributed by atoms with Gasteiger partial charge in [0, 0.05) is 27.0 Å². The predicted molar refractivity (Wildman–Crippen MR) is 78.7 cm³/mol. The molecule has 88 valence electrons. The van der Waals surface area contributed by atoms with Crippen LogP contribution in [-0.4, -0.2) is 11.5 Å². The summed E-state index contributed by atoms with van der Waals surface area (Å²) in [4.78, 5) is 2.51. The number of hydrogen-bond donors (Lipinski definition) is 1. The molecule has 17 heavy (non-hydrogen) atoms. The van der Waals surface area contributed by atoms with Crippen LogP contribution in [0, 0.1) is 0 Å². The van der Waals surface area contributed by atoms with E-state index in [1.54, 1.807) is 0 Å². The Hall–Kier alpha value is -1.06. The van der Waals surface area contributed by atoms with Gasteiger partial charge >= 0.3 is 0 Å². The van der Waals surface area contributed by atoms with Crippen LogP contribution in [0.25, 0.3) is 0 Å². The number of anilines is 1. The van der Waals surface area contributed by atoms with Gasteiger partial charge in [-0.3, -0.25) is 0 Å². The average Bonchev–Trinajstić information content (AvgIpc) is 2.38. The molecule has 0 saturated carbocycles. The summed E-state index contributed by atoms with van der Waals surface area (Å²) in [7, 11) is 0. The van der Waals surface area contributed by atoms with Crippen LogP contribution in [-0.2, 0) is 0 Å². The lowest BCUT2D eigenvalue weighted by Gasteiger charge is -2.04. The first-order valence-electron chi connectivity index (χ1n) is 5.51. The zero-order valence-corrected chi connectivity index (χ0v) is 11.1. The molecule has 0 aliphatic carbocycles. The van der Waals surface area contributed by atoms with E-state index in [2.05, 4.69) is 30.3 Å². The van der Waals surface area contributed by atoms with Gasteiger partial charge < -0.3 is 5.73 Å². The third kappa shape index (κ3) is 4.02. The number of nitrogen functional groups attached to an aromatic ring is 1. The summed E-state index contributed by atoms with van der Waals surface area (Å²) in [5.41, 5.74) is 6.76. The number of nitrogens with two attached hydrogens (primary N) is 1. The van der Waals surface area contributed by atoms with Crippen LogP contribution in [0.1, 0.15) is 0 Å². The van der Waals surface area contributed by atoms with Crippen molar-refractivity contribution in [3.05, 3.63) is 54.6 Å². The molecular weight excluding hydrogens is 246 g/mol. The van der Waals surface area contributed by atoms with E-state index in [0.717, 1.165) is 17.2 Å². The van der Waals surface area contributed by atoms with E-state index in [1.165, 1.54) is 9.79 Å². The monoisotopic (exact) mass is 261 g/mol. The van der Waals surface area contributed by atoms with Gasteiger partial charge in [0.25, 0.3) is 0 Å². The molecule has 0 atom stereocenters. The van der Waals surface area contributed by atoms with Gasteiger partial charge in [0.1, 0.15) is 0 Å². The van der Waals surface area contributed by atoms with Crippen molar-refractivity contribution in [3.63, 3.8) is 0 Å². The Morgan fingerprint density at radius 3 is 2.18 bits per heavy atom. The smallest absolute Gasteiger partial charge is 0.0452 e. The molecule has 0 unspecified atom stereocenters. The number of benzene rings is 2. The molecule has 2 aromatic rings. The second kappa shape index (κ2) is 6.62. The predicted octanol–water partition coefficient (Wildman–Crippen LogP) is 4.15. The fourth-order valence-electron chi connectivity index (χ4n) is 1.44. The highest BCUT2D eigenvalue weighted by Gasteiger charge is 1.98. The molecule has 0 amide bonds. The summed E-state index contributed by atoms with van der Waals surface area (Å²) >= 11 is 3.70. The van der Waals surface area contributed by atoms with Gasteiger partial charge in [-0.2, -0.15) is 0 Å². The maximum atomic E-state index is 5.89. The van der Waals surface area contributed by atoms with Crippen LogP contribution in [0.3, 0.4) is 0 Å². The highest BCUT2D eigenvalue weighted by Crippen LogP contribution is 2.26. The van der Waals surface area contributed by atoms with Crippen LogP contribution >= 0.6 is 23.5 Å². The minimum absolute atomic E-state index is 0.877. The number of para-hydroxylation sites is 1. The summed E-state index contributed by atoms with van der Waals surface area (Å²) in [6.45, 7) is 0. The highest BCUT2D eigenvalue weighted by molar-refractivity contribution is 8.03. The maximum absolute atomic E-state index is 5.89. The quantitative estimate of drug-likeness (QED) is 0.497. The van der Waals surface area contributed by atoms with Gasteiger partial charge in [-0.15, -0.1) is 23.5 Å². The molecule has 0 radical (unpaired) electrons. The fourth-order valence-corrected chi connectivity index (χ4v) is 3.32. The molecule has 0 aliphatic rings. The van der Waals surface area contributed by atoms with E-state index in [4.69, 9.17) is 5.73 Å². The molecule has 0 heterocycles. The van der Waals surface area contributed by atoms with Crippen molar-refractivity contribution in [3.8, 4) is 0 Å². The zero-order chi connectivity index (χ0) is 11.9. The molecule has 0 spiro atoms. The Kier molecular flexibility index (Phi) is 4.83. The second-order valence-electron chi connectivity index (χ2n) is 3.55. The Morgan fingerprint density at radius 1 is 0.765 bits per heavy atom. The SMILES string of the molecule is Nc1ccccc1SCCSc1ccccc1. The molecule has 3 heteroatoms. The first kappa shape index (κ1) is 12.4. The lowest BCUT2D eigenvalue weighted by molar-refractivity contribution is 1.41. The van der Waals surface area contributed by atoms with Crippen LogP contribution in [0.4, 0.5) is 5.69 Å². The molecule has 2 aromatic carbocycles. The first-order chi connectivity index (χ1) is 8.36. The van der Waals surface area contributed by atoms with Gasteiger partial charge in [-0.05, 0) is 24.3 Å². The summed E-state index contributed by atoms with van der Waals surface area (Å²) in [6, 6.07) is 18.5. The van der Waals surface area contributed by atoms with Gasteiger partial charge in [-0.25, -0.2) is 0 Å². The van der Waals surface area contributed by atoms with Gasteiger partial charge in [-0.1, -0.05) is 30.3 Å². The van der Waals surface area contributed by atoms with E-state index >= 15 is 0 Å². The van der Waals surface area contributed by atoms with Gasteiger partial charge in [0.2, 0.25) is 0 Å². The molecule has 0 bridgehead atoms. The third-order valence-corrected chi connectivity index (χ3v) is 4.64. The lowest BCUT2D eigenvalue weighted by atomic mass is 10.3. The van der Waals surface area contributed by atoms with Crippen molar-refractivity contribution in [1.82, 2.24) is 0 Å². The van der Waals surface area contributed by atoms with Crippen molar-refractivity contribution < 1.29 is 0 Å². The molecular formula is C14H15NS2. The number of thioether (sulfide) groups is 2. The van der Waals surface area contributed by atoms with Crippen molar-refractivity contribution in [1.29, 1.82) is 0 Å². The summed E-state index contributed by atoms with van der Waals surface area (Å²) < 4.78 is 0. The van der Waals surface area contributed by atoms with E-state index in [0.29, 0.717) is 0 Å². The topological polar surface area (TPSA) is 26.0 Å². The van der Waals surface area contributed by atoms with E-state index in [9.17, 15) is 0 Å². The fraction of sp³-hybridized carbons (Fsp3) is 0.143. The largest absolute Gasteiger partial charge is 0.398 e. The summed E-state index contributed by atoms with van der Waals surface area (Å²) in [5.74, 6) is 2.18.